The molecule has 13 heavy (non-hydrogen) atoms. The van der Waals surface area contributed by atoms with E-state index in [1.807, 2.05) is 7.05 Å². The van der Waals surface area contributed by atoms with Crippen LogP contribution in [0.1, 0.15) is 47.5 Å². The van der Waals surface area contributed by atoms with Gasteiger partial charge >= 0.3 is 0 Å². The Morgan fingerprint density at radius 2 is 1.77 bits per heavy atom. The normalized spacial score (nSPS) is 12.9. The van der Waals surface area contributed by atoms with E-state index in [4.69, 9.17) is 0 Å². The summed E-state index contributed by atoms with van der Waals surface area (Å²) in [5.41, 5.74) is 2.93. The lowest BCUT2D eigenvalue weighted by Crippen LogP contribution is -2.19. The Morgan fingerprint density at radius 3 is 2.08 bits per heavy atom. The number of hydrogen-bond acceptors (Lipinski definition) is 1. The van der Waals surface area contributed by atoms with Crippen molar-refractivity contribution in [1.82, 2.24) is 0 Å². The summed E-state index contributed by atoms with van der Waals surface area (Å²) < 4.78 is 0. The van der Waals surface area contributed by atoms with Gasteiger partial charge in [-0.25, -0.2) is 0 Å². The Morgan fingerprint density at radius 1 is 1.23 bits per heavy atom. The van der Waals surface area contributed by atoms with Crippen LogP contribution in [0.15, 0.2) is 16.6 Å². The Hall–Kier alpha value is -0.590. The smallest absolute Gasteiger partial charge is 0.0276 e. The quantitative estimate of drug-likeness (QED) is 0.463. The zero-order chi connectivity index (χ0) is 10.5. The molecule has 0 fully saturated rings. The van der Waals surface area contributed by atoms with E-state index in [9.17, 15) is 0 Å². The van der Waals surface area contributed by atoms with Gasteiger partial charge < -0.3 is 0 Å². The second-order valence-corrected chi connectivity index (χ2v) is 4.74. The highest BCUT2D eigenvalue weighted by Crippen LogP contribution is 2.19. The van der Waals surface area contributed by atoms with Crippen molar-refractivity contribution in [3.8, 4) is 0 Å². The molecule has 0 saturated carbocycles. The Bertz CT molecular complexity index is 200. The fourth-order valence-electron chi connectivity index (χ4n) is 1.32. The number of rotatable bonds is 3. The topological polar surface area (TPSA) is 12.4 Å². The molecule has 0 heterocycles. The molecule has 0 N–H and O–H groups in total. The number of hydrogen-bond donors (Lipinski definition) is 0. The van der Waals surface area contributed by atoms with Crippen LogP contribution in [0.2, 0.25) is 0 Å². The number of allylic oxidation sites excluding steroid dienone is 2. The van der Waals surface area contributed by atoms with Gasteiger partial charge in [0.25, 0.3) is 0 Å². The fourth-order valence-corrected chi connectivity index (χ4v) is 1.32. The first-order valence-electron chi connectivity index (χ1n) is 4.97. The lowest BCUT2D eigenvalue weighted by atomic mass is 9.87. The Balaban J connectivity index is 4.12. The van der Waals surface area contributed by atoms with Gasteiger partial charge in [0.05, 0.1) is 0 Å². The molecule has 0 aromatic rings. The predicted molar refractivity (Wildman–Crippen MR) is 61.5 cm³/mol. The van der Waals surface area contributed by atoms with Gasteiger partial charge in [0, 0.05) is 12.8 Å². The van der Waals surface area contributed by atoms with Crippen LogP contribution >= 0.6 is 0 Å². The molecule has 0 unspecified atom stereocenters. The molecular formula is C12H23N. The van der Waals surface area contributed by atoms with E-state index in [1.54, 1.807) is 0 Å². The first kappa shape index (κ1) is 12.4. The molecule has 0 saturated heterocycles. The molecule has 0 bridgehead atoms. The summed E-state index contributed by atoms with van der Waals surface area (Å²) in [4.78, 5) is 4.34. The zero-order valence-corrected chi connectivity index (χ0v) is 9.94. The summed E-state index contributed by atoms with van der Waals surface area (Å²) in [7, 11) is 1.89. The molecule has 1 nitrogen and oxygen atoms in total. The van der Waals surface area contributed by atoms with Crippen LogP contribution in [0.4, 0.5) is 0 Å². The van der Waals surface area contributed by atoms with Crippen molar-refractivity contribution in [2.24, 2.45) is 10.4 Å². The molecule has 0 aromatic carbocycles. The molecule has 0 aromatic heterocycles. The number of nitrogens with zero attached hydrogens (tertiary/aromatic N) is 1. The van der Waals surface area contributed by atoms with E-state index >= 15 is 0 Å². The van der Waals surface area contributed by atoms with Gasteiger partial charge in [-0.3, -0.25) is 4.99 Å². The average molecular weight is 181 g/mol. The highest BCUT2D eigenvalue weighted by molar-refractivity contribution is 5.89. The maximum atomic E-state index is 4.34. The minimum absolute atomic E-state index is 0.226. The van der Waals surface area contributed by atoms with Crippen molar-refractivity contribution >= 4 is 5.71 Å². The van der Waals surface area contributed by atoms with Crippen molar-refractivity contribution in [2.45, 2.75) is 47.5 Å². The summed E-state index contributed by atoms with van der Waals surface area (Å²) in [5.74, 6) is 0. The standard InChI is InChI=1S/C12H23N/c1-10(2)8-7-9-11(13-6)12(3,4)5/h8H,7,9H2,1-6H3. The van der Waals surface area contributed by atoms with Crippen molar-refractivity contribution in [2.75, 3.05) is 7.05 Å². The fraction of sp³-hybridized carbons (Fsp3) is 0.750. The molecule has 0 atom stereocenters. The van der Waals surface area contributed by atoms with Crippen molar-refractivity contribution in [3.05, 3.63) is 11.6 Å². The van der Waals surface area contributed by atoms with Gasteiger partial charge in [0.15, 0.2) is 0 Å². The lowest BCUT2D eigenvalue weighted by Gasteiger charge is -2.20. The molecule has 0 aliphatic heterocycles. The monoisotopic (exact) mass is 181 g/mol. The SMILES string of the molecule is CN=C(CCC=C(C)C)C(C)(C)C. The highest BCUT2D eigenvalue weighted by atomic mass is 14.7. The van der Waals surface area contributed by atoms with Crippen molar-refractivity contribution in [3.63, 3.8) is 0 Å². The van der Waals surface area contributed by atoms with Gasteiger partial charge in [0.2, 0.25) is 0 Å². The van der Waals surface area contributed by atoms with Crippen molar-refractivity contribution in [1.29, 1.82) is 0 Å². The second kappa shape index (κ2) is 5.21. The van der Waals surface area contributed by atoms with Crippen LogP contribution < -0.4 is 0 Å². The van der Waals surface area contributed by atoms with Crippen LogP contribution in [0.5, 0.6) is 0 Å². The second-order valence-electron chi connectivity index (χ2n) is 4.74. The summed E-state index contributed by atoms with van der Waals surface area (Å²) in [6.07, 6.45) is 4.48. The molecule has 1 heteroatoms. The molecule has 0 spiro atoms. The first-order chi connectivity index (χ1) is 5.88. The van der Waals surface area contributed by atoms with Gasteiger partial charge in [-0.1, -0.05) is 32.4 Å². The van der Waals surface area contributed by atoms with E-state index in [0.29, 0.717) is 0 Å². The minimum atomic E-state index is 0.226. The van der Waals surface area contributed by atoms with Gasteiger partial charge in [0.1, 0.15) is 0 Å². The summed E-state index contributed by atoms with van der Waals surface area (Å²) in [6, 6.07) is 0. The van der Waals surface area contributed by atoms with Gasteiger partial charge in [-0.05, 0) is 32.1 Å². The van der Waals surface area contributed by atoms with E-state index < -0.39 is 0 Å². The van der Waals surface area contributed by atoms with Gasteiger partial charge in [-0.15, -0.1) is 0 Å². The molecule has 0 radical (unpaired) electrons. The largest absolute Gasteiger partial charge is 0.297 e. The lowest BCUT2D eigenvalue weighted by molar-refractivity contribution is 0.575. The maximum Gasteiger partial charge on any atom is 0.0276 e. The minimum Gasteiger partial charge on any atom is -0.297 e. The first-order valence-corrected chi connectivity index (χ1v) is 4.97. The zero-order valence-electron chi connectivity index (χ0n) is 9.94. The Kier molecular flexibility index (Phi) is 4.97. The molecule has 0 aliphatic carbocycles. The molecule has 0 amide bonds. The average Bonchev–Trinajstić information content (AvgIpc) is 1.95. The van der Waals surface area contributed by atoms with Crippen LogP contribution in [0, 0.1) is 5.41 Å². The summed E-state index contributed by atoms with van der Waals surface area (Å²) in [6.45, 7) is 10.9. The number of aliphatic imine (C=N–C) groups is 1. The summed E-state index contributed by atoms with van der Waals surface area (Å²) in [5, 5.41) is 0. The third-order valence-electron chi connectivity index (χ3n) is 2.07. The van der Waals surface area contributed by atoms with E-state index in [2.05, 4.69) is 45.7 Å². The van der Waals surface area contributed by atoms with Gasteiger partial charge in [-0.2, -0.15) is 0 Å². The summed E-state index contributed by atoms with van der Waals surface area (Å²) >= 11 is 0. The van der Waals surface area contributed by atoms with Crippen LogP contribution in [-0.4, -0.2) is 12.8 Å². The highest BCUT2D eigenvalue weighted by Gasteiger charge is 2.16. The van der Waals surface area contributed by atoms with Crippen molar-refractivity contribution < 1.29 is 0 Å². The molecule has 0 aliphatic rings. The molecule has 76 valence electrons. The molecule has 0 rings (SSSR count). The third kappa shape index (κ3) is 5.62. The molecular weight excluding hydrogens is 158 g/mol. The van der Waals surface area contributed by atoms with E-state index in [-0.39, 0.29) is 5.41 Å². The Labute approximate surface area is 83.0 Å². The van der Waals surface area contributed by atoms with E-state index in [1.165, 1.54) is 11.3 Å². The van der Waals surface area contributed by atoms with Crippen LogP contribution in [-0.2, 0) is 0 Å². The van der Waals surface area contributed by atoms with Crippen LogP contribution in [0.3, 0.4) is 0 Å². The predicted octanol–water partition coefficient (Wildman–Crippen LogP) is 3.85. The van der Waals surface area contributed by atoms with Crippen LogP contribution in [0.25, 0.3) is 0 Å². The van der Waals surface area contributed by atoms with E-state index in [0.717, 1.165) is 12.8 Å². The third-order valence-corrected chi connectivity index (χ3v) is 2.07. The maximum absolute atomic E-state index is 4.34.